The lowest BCUT2D eigenvalue weighted by atomic mass is 10.1. The number of rotatable bonds is 8. The Kier molecular flexibility index (Phi) is 7.01. The van der Waals surface area contributed by atoms with Crippen LogP contribution in [0.25, 0.3) is 10.8 Å². The molecular weight excluding hydrogens is 452 g/mol. The minimum atomic E-state index is -3.76. The molecule has 0 unspecified atom stereocenters. The number of hydrogen-bond donors (Lipinski definition) is 2. The van der Waals surface area contributed by atoms with Crippen molar-refractivity contribution in [3.05, 3.63) is 96.6 Å². The monoisotopic (exact) mass is 476 g/mol. The molecule has 0 bridgehead atoms. The molecule has 7 heteroatoms. The van der Waals surface area contributed by atoms with Crippen molar-refractivity contribution < 1.29 is 13.2 Å². The van der Waals surface area contributed by atoms with Crippen LogP contribution < -0.4 is 10.0 Å². The standard InChI is InChI=1S/C26H24N2O3S2/c1-19-9-13-22(14-10-19)32-18-17-26(29)27-21-11-15-23(16-12-21)33(30,31)28-25-8-4-6-20-5-2-3-7-24(20)25/h2-16,28H,17-18H2,1H3,(H,27,29). The summed E-state index contributed by atoms with van der Waals surface area (Å²) in [4.78, 5) is 13.5. The van der Waals surface area contributed by atoms with Crippen LogP contribution in [0.2, 0.25) is 0 Å². The zero-order valence-electron chi connectivity index (χ0n) is 18.1. The molecule has 5 nitrogen and oxygen atoms in total. The van der Waals surface area contributed by atoms with Gasteiger partial charge >= 0.3 is 0 Å². The molecule has 4 aromatic carbocycles. The van der Waals surface area contributed by atoms with Gasteiger partial charge in [-0.05, 0) is 54.8 Å². The van der Waals surface area contributed by atoms with Gasteiger partial charge in [-0.25, -0.2) is 8.42 Å². The summed E-state index contributed by atoms with van der Waals surface area (Å²) in [5.74, 6) is 0.551. The Morgan fingerprint density at radius 2 is 1.55 bits per heavy atom. The minimum Gasteiger partial charge on any atom is -0.326 e. The molecule has 0 fully saturated rings. The van der Waals surface area contributed by atoms with E-state index < -0.39 is 10.0 Å². The number of sulfonamides is 1. The number of benzene rings is 4. The van der Waals surface area contributed by atoms with Gasteiger partial charge in [-0.2, -0.15) is 0 Å². The predicted molar refractivity (Wildman–Crippen MR) is 136 cm³/mol. The highest BCUT2D eigenvalue weighted by Gasteiger charge is 2.15. The van der Waals surface area contributed by atoms with Crippen molar-refractivity contribution >= 4 is 49.8 Å². The summed E-state index contributed by atoms with van der Waals surface area (Å²) < 4.78 is 28.4. The third-order valence-corrected chi connectivity index (χ3v) is 7.50. The lowest BCUT2D eigenvalue weighted by molar-refractivity contribution is -0.115. The lowest BCUT2D eigenvalue weighted by Crippen LogP contribution is -2.14. The molecule has 168 valence electrons. The molecule has 0 spiro atoms. The number of carbonyl (C=O) groups excluding carboxylic acids is 1. The molecule has 0 saturated heterocycles. The van der Waals surface area contributed by atoms with Gasteiger partial charge in [0.05, 0.1) is 10.6 Å². The Morgan fingerprint density at radius 1 is 0.848 bits per heavy atom. The van der Waals surface area contributed by atoms with Crippen LogP contribution in [-0.2, 0) is 14.8 Å². The van der Waals surface area contributed by atoms with E-state index in [4.69, 9.17) is 0 Å². The molecule has 0 radical (unpaired) electrons. The average molecular weight is 477 g/mol. The molecule has 33 heavy (non-hydrogen) atoms. The lowest BCUT2D eigenvalue weighted by Gasteiger charge is -2.11. The van der Waals surface area contributed by atoms with Gasteiger partial charge in [0.1, 0.15) is 0 Å². The molecule has 2 N–H and O–H groups in total. The van der Waals surface area contributed by atoms with Crippen LogP contribution in [-0.4, -0.2) is 20.1 Å². The third-order valence-electron chi connectivity index (χ3n) is 5.10. The van der Waals surface area contributed by atoms with Crippen molar-refractivity contribution in [1.29, 1.82) is 0 Å². The van der Waals surface area contributed by atoms with Crippen LogP contribution in [0.1, 0.15) is 12.0 Å². The van der Waals surface area contributed by atoms with Gasteiger partial charge in [-0.15, -0.1) is 11.8 Å². The number of carbonyl (C=O) groups is 1. The maximum atomic E-state index is 12.9. The van der Waals surface area contributed by atoms with E-state index in [1.807, 2.05) is 67.6 Å². The quantitative estimate of drug-likeness (QED) is 0.303. The number of fused-ring (bicyclic) bond motifs is 1. The fourth-order valence-corrected chi connectivity index (χ4v) is 5.29. The number of amides is 1. The zero-order chi connectivity index (χ0) is 23.3. The second kappa shape index (κ2) is 10.1. The van der Waals surface area contributed by atoms with Gasteiger partial charge in [-0.3, -0.25) is 9.52 Å². The number of thioether (sulfide) groups is 1. The molecule has 0 aliphatic rings. The molecule has 0 aliphatic carbocycles. The van der Waals surface area contributed by atoms with E-state index in [1.54, 1.807) is 30.0 Å². The van der Waals surface area contributed by atoms with Crippen molar-refractivity contribution in [2.45, 2.75) is 23.1 Å². The molecule has 1 amide bonds. The Labute approximate surface area is 198 Å². The topological polar surface area (TPSA) is 75.3 Å². The number of hydrogen-bond acceptors (Lipinski definition) is 4. The molecule has 0 heterocycles. The highest BCUT2D eigenvalue weighted by atomic mass is 32.2. The van der Waals surface area contributed by atoms with Crippen molar-refractivity contribution in [1.82, 2.24) is 0 Å². The Hall–Kier alpha value is -3.29. The van der Waals surface area contributed by atoms with Crippen molar-refractivity contribution in [3.63, 3.8) is 0 Å². The van der Waals surface area contributed by atoms with E-state index in [0.717, 1.165) is 15.7 Å². The van der Waals surface area contributed by atoms with Gasteiger partial charge < -0.3 is 5.32 Å². The molecular formula is C26H24N2O3S2. The first kappa shape index (κ1) is 22.9. The van der Waals surface area contributed by atoms with E-state index in [2.05, 4.69) is 10.0 Å². The predicted octanol–water partition coefficient (Wildman–Crippen LogP) is 6.07. The fraction of sp³-hybridized carbons (Fsp3) is 0.115. The molecule has 4 rings (SSSR count). The van der Waals surface area contributed by atoms with Gasteiger partial charge in [0.15, 0.2) is 0 Å². The average Bonchev–Trinajstić information content (AvgIpc) is 2.81. The largest absolute Gasteiger partial charge is 0.326 e. The Balaban J connectivity index is 1.35. The molecule has 0 saturated carbocycles. The summed E-state index contributed by atoms with van der Waals surface area (Å²) in [5, 5.41) is 4.61. The smallest absolute Gasteiger partial charge is 0.261 e. The van der Waals surface area contributed by atoms with Gasteiger partial charge in [-0.1, -0.05) is 54.1 Å². The zero-order valence-corrected chi connectivity index (χ0v) is 19.7. The molecule has 0 atom stereocenters. The van der Waals surface area contributed by atoms with Crippen LogP contribution in [0.15, 0.2) is 101 Å². The Bertz CT molecular complexity index is 1360. The highest BCUT2D eigenvalue weighted by molar-refractivity contribution is 7.99. The number of aryl methyl sites for hydroxylation is 1. The van der Waals surface area contributed by atoms with Crippen LogP contribution in [0.4, 0.5) is 11.4 Å². The van der Waals surface area contributed by atoms with E-state index in [1.165, 1.54) is 17.7 Å². The van der Waals surface area contributed by atoms with E-state index in [0.29, 0.717) is 23.5 Å². The minimum absolute atomic E-state index is 0.112. The second-order valence-corrected chi connectivity index (χ2v) is 10.5. The number of nitrogens with one attached hydrogen (secondary N) is 2. The van der Waals surface area contributed by atoms with Crippen LogP contribution in [0, 0.1) is 6.92 Å². The first-order valence-electron chi connectivity index (χ1n) is 10.5. The summed E-state index contributed by atoms with van der Waals surface area (Å²) in [6.07, 6.45) is 0.362. The third kappa shape index (κ3) is 5.94. The molecule has 0 aliphatic heterocycles. The van der Waals surface area contributed by atoms with Crippen LogP contribution in [0.3, 0.4) is 0 Å². The maximum absolute atomic E-state index is 12.9. The SMILES string of the molecule is Cc1ccc(SCCC(=O)Nc2ccc(S(=O)(=O)Nc3cccc4ccccc34)cc2)cc1. The number of anilines is 2. The van der Waals surface area contributed by atoms with Gasteiger partial charge in [0, 0.05) is 28.1 Å². The van der Waals surface area contributed by atoms with Gasteiger partial charge in [0.2, 0.25) is 5.91 Å². The van der Waals surface area contributed by atoms with E-state index >= 15 is 0 Å². The maximum Gasteiger partial charge on any atom is 0.261 e. The van der Waals surface area contributed by atoms with Crippen molar-refractivity contribution in [2.75, 3.05) is 15.8 Å². The highest BCUT2D eigenvalue weighted by Crippen LogP contribution is 2.26. The normalized spacial score (nSPS) is 11.3. The summed E-state index contributed by atoms with van der Waals surface area (Å²) in [7, 11) is -3.76. The van der Waals surface area contributed by atoms with Crippen LogP contribution >= 0.6 is 11.8 Å². The summed E-state index contributed by atoms with van der Waals surface area (Å²) in [6, 6.07) is 27.5. The van der Waals surface area contributed by atoms with Crippen molar-refractivity contribution in [2.24, 2.45) is 0 Å². The van der Waals surface area contributed by atoms with Crippen molar-refractivity contribution in [3.8, 4) is 0 Å². The molecule has 4 aromatic rings. The molecule has 0 aromatic heterocycles. The Morgan fingerprint density at radius 3 is 2.30 bits per heavy atom. The summed E-state index contributed by atoms with van der Waals surface area (Å²) in [5.41, 5.74) is 2.29. The first-order valence-corrected chi connectivity index (χ1v) is 13.0. The summed E-state index contributed by atoms with van der Waals surface area (Å²) in [6.45, 7) is 2.04. The van der Waals surface area contributed by atoms with Crippen LogP contribution in [0.5, 0.6) is 0 Å². The van der Waals surface area contributed by atoms with Gasteiger partial charge in [0.25, 0.3) is 10.0 Å². The van der Waals surface area contributed by atoms with E-state index in [9.17, 15) is 13.2 Å². The fourth-order valence-electron chi connectivity index (χ4n) is 3.36. The first-order chi connectivity index (χ1) is 15.9. The van der Waals surface area contributed by atoms with E-state index in [-0.39, 0.29) is 10.8 Å². The second-order valence-electron chi connectivity index (χ2n) is 7.62. The summed E-state index contributed by atoms with van der Waals surface area (Å²) >= 11 is 1.63.